The number of ketones is 1. The Balaban J connectivity index is 1.37. The van der Waals surface area contributed by atoms with Crippen LogP contribution in [0.5, 0.6) is 0 Å². The first kappa shape index (κ1) is 21.9. The minimum atomic E-state index is -3.09. The van der Waals surface area contributed by atoms with E-state index in [1.54, 1.807) is 11.3 Å². The van der Waals surface area contributed by atoms with Gasteiger partial charge in [0.05, 0.1) is 17.7 Å². The molecule has 1 aromatic heterocycles. The largest absolute Gasteiger partial charge is 0.308 e. The Bertz CT molecular complexity index is 736. The van der Waals surface area contributed by atoms with Crippen LogP contribution in [0.4, 0.5) is 0 Å². The highest BCUT2D eigenvalue weighted by atomic mass is 32.2. The number of carbonyl (C=O) groups is 1. The van der Waals surface area contributed by atoms with E-state index >= 15 is 0 Å². The summed E-state index contributed by atoms with van der Waals surface area (Å²) in [7, 11) is -3.09. The predicted octanol–water partition coefficient (Wildman–Crippen LogP) is 1.08. The molecule has 2 saturated heterocycles. The van der Waals surface area contributed by atoms with Crippen molar-refractivity contribution in [2.75, 3.05) is 65.2 Å². The molecule has 0 unspecified atom stereocenters. The van der Waals surface area contributed by atoms with Gasteiger partial charge in [0.15, 0.2) is 5.78 Å². The number of piperidine rings is 1. The lowest BCUT2D eigenvalue weighted by Gasteiger charge is -2.32. The monoisotopic (exact) mass is 428 g/mol. The molecule has 0 radical (unpaired) electrons. The fraction of sp³-hybridized carbons (Fsp3) is 0.737. The highest BCUT2D eigenvalue weighted by Gasteiger charge is 2.23. The molecule has 0 amide bonds. The molecule has 0 aliphatic carbocycles. The standard InChI is InChI=1S/C19H32N4O3S2/c1-28(25,26)23-13-11-22(12-14-23)16-17-5-6-19(27-17)18(24)15-20-7-10-21-8-3-2-4-9-21/h5-6,20H,2-4,7-16H2,1H3. The number of likely N-dealkylation sites (tertiary alicyclic amines) is 1. The van der Waals surface area contributed by atoms with Gasteiger partial charge in [0, 0.05) is 50.7 Å². The number of carbonyl (C=O) groups excluding carboxylic acids is 1. The minimum Gasteiger partial charge on any atom is -0.308 e. The molecule has 2 aliphatic heterocycles. The first-order chi connectivity index (χ1) is 13.4. The molecule has 1 N–H and O–H groups in total. The summed E-state index contributed by atoms with van der Waals surface area (Å²) in [6.07, 6.45) is 5.19. The molecule has 0 atom stereocenters. The summed E-state index contributed by atoms with van der Waals surface area (Å²) in [5.74, 6) is 0.150. The number of piperazine rings is 1. The number of hydrogen-bond acceptors (Lipinski definition) is 7. The van der Waals surface area contributed by atoms with Crippen molar-refractivity contribution in [3.8, 4) is 0 Å². The quantitative estimate of drug-likeness (QED) is 0.469. The molecule has 7 nitrogen and oxygen atoms in total. The molecular weight excluding hydrogens is 396 g/mol. The Kier molecular flexibility index (Phi) is 8.02. The fourth-order valence-electron chi connectivity index (χ4n) is 3.76. The molecule has 0 spiro atoms. The van der Waals surface area contributed by atoms with E-state index in [2.05, 4.69) is 15.1 Å². The van der Waals surface area contributed by atoms with Crippen molar-refractivity contribution < 1.29 is 13.2 Å². The lowest BCUT2D eigenvalue weighted by molar-refractivity contribution is 0.0993. The molecule has 0 aromatic carbocycles. The van der Waals surface area contributed by atoms with E-state index in [0.29, 0.717) is 19.6 Å². The summed E-state index contributed by atoms with van der Waals surface area (Å²) in [5.41, 5.74) is 0. The molecule has 9 heteroatoms. The van der Waals surface area contributed by atoms with Gasteiger partial charge >= 0.3 is 0 Å². The van der Waals surface area contributed by atoms with Crippen LogP contribution in [0.25, 0.3) is 0 Å². The summed E-state index contributed by atoms with van der Waals surface area (Å²) < 4.78 is 24.7. The van der Waals surface area contributed by atoms with E-state index in [9.17, 15) is 13.2 Å². The maximum atomic E-state index is 12.4. The average molecular weight is 429 g/mol. The van der Waals surface area contributed by atoms with Crippen LogP contribution in [0.3, 0.4) is 0 Å². The van der Waals surface area contributed by atoms with Crippen molar-refractivity contribution in [1.29, 1.82) is 0 Å². The third-order valence-corrected chi connectivity index (χ3v) is 7.87. The first-order valence-corrected chi connectivity index (χ1v) is 12.8. The lowest BCUT2D eigenvalue weighted by atomic mass is 10.1. The molecule has 2 aliphatic rings. The highest BCUT2D eigenvalue weighted by Crippen LogP contribution is 2.20. The fourth-order valence-corrected chi connectivity index (χ4v) is 5.58. The van der Waals surface area contributed by atoms with Gasteiger partial charge < -0.3 is 10.2 Å². The van der Waals surface area contributed by atoms with Crippen molar-refractivity contribution >= 4 is 27.1 Å². The van der Waals surface area contributed by atoms with Crippen LogP contribution >= 0.6 is 11.3 Å². The molecule has 3 rings (SSSR count). The van der Waals surface area contributed by atoms with Crippen LogP contribution < -0.4 is 5.32 Å². The van der Waals surface area contributed by atoms with Gasteiger partial charge in [-0.1, -0.05) is 6.42 Å². The van der Waals surface area contributed by atoms with Crippen molar-refractivity contribution in [2.45, 2.75) is 25.8 Å². The smallest absolute Gasteiger partial charge is 0.211 e. The lowest BCUT2D eigenvalue weighted by Crippen LogP contribution is -2.47. The number of nitrogens with one attached hydrogen (secondary N) is 1. The first-order valence-electron chi connectivity index (χ1n) is 10.1. The molecule has 0 saturated carbocycles. The minimum absolute atomic E-state index is 0.150. The van der Waals surface area contributed by atoms with Crippen LogP contribution in [-0.2, 0) is 16.6 Å². The van der Waals surface area contributed by atoms with E-state index < -0.39 is 10.0 Å². The second kappa shape index (κ2) is 10.3. The Hall–Kier alpha value is -0.840. The average Bonchev–Trinajstić information content (AvgIpc) is 3.14. The Morgan fingerprint density at radius 3 is 2.43 bits per heavy atom. The van der Waals surface area contributed by atoms with Gasteiger partial charge in [0.1, 0.15) is 0 Å². The van der Waals surface area contributed by atoms with Crippen molar-refractivity contribution in [3.63, 3.8) is 0 Å². The summed E-state index contributed by atoms with van der Waals surface area (Å²) in [4.78, 5) is 19.1. The van der Waals surface area contributed by atoms with Gasteiger partial charge in [-0.15, -0.1) is 11.3 Å². The van der Waals surface area contributed by atoms with Gasteiger partial charge in [-0.25, -0.2) is 8.42 Å². The molecular formula is C19H32N4O3S2. The molecule has 3 heterocycles. The number of Topliss-reactive ketones (excluding diaryl/α,β-unsaturated/α-hetero) is 1. The molecule has 158 valence electrons. The van der Waals surface area contributed by atoms with Gasteiger partial charge in [0.2, 0.25) is 10.0 Å². The normalized spacial score (nSPS) is 20.5. The van der Waals surface area contributed by atoms with Crippen LogP contribution in [0.1, 0.15) is 33.8 Å². The van der Waals surface area contributed by atoms with Crippen molar-refractivity contribution in [3.05, 3.63) is 21.9 Å². The van der Waals surface area contributed by atoms with Crippen LogP contribution in [0.2, 0.25) is 0 Å². The molecule has 0 bridgehead atoms. The zero-order chi connectivity index (χ0) is 20.0. The number of hydrogen-bond donors (Lipinski definition) is 1. The maximum Gasteiger partial charge on any atom is 0.211 e. The SMILES string of the molecule is CS(=O)(=O)N1CCN(Cc2ccc(C(=O)CNCCN3CCCCC3)s2)CC1. The Morgan fingerprint density at radius 1 is 1.04 bits per heavy atom. The van der Waals surface area contributed by atoms with Crippen molar-refractivity contribution in [2.24, 2.45) is 0 Å². The summed E-state index contributed by atoms with van der Waals surface area (Å²) >= 11 is 1.55. The van der Waals surface area contributed by atoms with Gasteiger partial charge in [-0.2, -0.15) is 4.31 Å². The predicted molar refractivity (Wildman–Crippen MR) is 114 cm³/mol. The van der Waals surface area contributed by atoms with Crippen LogP contribution in [0.15, 0.2) is 12.1 Å². The van der Waals surface area contributed by atoms with Gasteiger partial charge in [0.25, 0.3) is 0 Å². The highest BCUT2D eigenvalue weighted by molar-refractivity contribution is 7.88. The molecule has 2 fully saturated rings. The van der Waals surface area contributed by atoms with Gasteiger partial charge in [-0.3, -0.25) is 9.69 Å². The summed E-state index contributed by atoms with van der Waals surface area (Å²) in [6, 6.07) is 3.94. The summed E-state index contributed by atoms with van der Waals surface area (Å²) in [5, 5.41) is 3.28. The van der Waals surface area contributed by atoms with E-state index in [1.807, 2.05) is 12.1 Å². The zero-order valence-electron chi connectivity index (χ0n) is 16.7. The maximum absolute atomic E-state index is 12.4. The Morgan fingerprint density at radius 2 is 1.75 bits per heavy atom. The van der Waals surface area contributed by atoms with Crippen LogP contribution in [-0.4, -0.2) is 93.5 Å². The summed E-state index contributed by atoms with van der Waals surface area (Å²) in [6.45, 7) is 7.94. The zero-order valence-corrected chi connectivity index (χ0v) is 18.4. The van der Waals surface area contributed by atoms with Crippen LogP contribution in [0, 0.1) is 0 Å². The van der Waals surface area contributed by atoms with E-state index in [-0.39, 0.29) is 5.78 Å². The third kappa shape index (κ3) is 6.60. The van der Waals surface area contributed by atoms with E-state index in [1.165, 1.54) is 42.9 Å². The van der Waals surface area contributed by atoms with E-state index in [0.717, 1.165) is 42.5 Å². The van der Waals surface area contributed by atoms with E-state index in [4.69, 9.17) is 0 Å². The third-order valence-electron chi connectivity index (χ3n) is 5.46. The number of nitrogens with zero attached hydrogens (tertiary/aromatic N) is 3. The van der Waals surface area contributed by atoms with Gasteiger partial charge in [-0.05, 0) is 38.1 Å². The molecule has 28 heavy (non-hydrogen) atoms. The number of thiophene rings is 1. The Labute approximate surface area is 172 Å². The number of sulfonamides is 1. The second-order valence-electron chi connectivity index (χ2n) is 7.71. The second-order valence-corrected chi connectivity index (χ2v) is 10.9. The number of rotatable bonds is 9. The van der Waals surface area contributed by atoms with Crippen molar-refractivity contribution in [1.82, 2.24) is 19.4 Å². The molecule has 1 aromatic rings. The topological polar surface area (TPSA) is 73.0 Å².